The van der Waals surface area contributed by atoms with E-state index in [0.29, 0.717) is 27.7 Å². The van der Waals surface area contributed by atoms with Crippen molar-refractivity contribution in [2.24, 2.45) is 0 Å². The molecule has 0 saturated heterocycles. The summed E-state index contributed by atoms with van der Waals surface area (Å²) in [7, 11) is 1.55. The van der Waals surface area contributed by atoms with E-state index in [4.69, 9.17) is 9.15 Å². The van der Waals surface area contributed by atoms with Gasteiger partial charge in [0.2, 0.25) is 5.91 Å². The summed E-state index contributed by atoms with van der Waals surface area (Å²) in [5.41, 5.74) is 1.50. The Balaban J connectivity index is 1.40. The fourth-order valence-corrected chi connectivity index (χ4v) is 4.12. The first-order valence-corrected chi connectivity index (χ1v) is 11.1. The number of benzene rings is 2. The number of thiazole rings is 1. The first-order valence-electron chi connectivity index (χ1n) is 9.30. The van der Waals surface area contributed by atoms with Gasteiger partial charge in [-0.1, -0.05) is 23.9 Å². The molecule has 7 nitrogen and oxygen atoms in total. The summed E-state index contributed by atoms with van der Waals surface area (Å²) in [6, 6.07) is 10.8. The van der Waals surface area contributed by atoms with Gasteiger partial charge in [0.1, 0.15) is 5.75 Å². The highest BCUT2D eigenvalue weighted by Crippen LogP contribution is 2.32. The number of methoxy groups -OCH3 is 1. The molecule has 1 N–H and O–H groups in total. The molecule has 164 valence electrons. The number of hydrogen-bond donors (Lipinski definition) is 1. The minimum atomic E-state index is -0.960. The lowest BCUT2D eigenvalue weighted by Crippen LogP contribution is -2.22. The van der Waals surface area contributed by atoms with Crippen molar-refractivity contribution in [3.8, 4) is 28.5 Å². The topological polar surface area (TPSA) is 90.1 Å². The number of rotatable bonds is 7. The Labute approximate surface area is 189 Å². The molecule has 2 aromatic heterocycles. The highest BCUT2D eigenvalue weighted by Gasteiger charge is 2.21. The minimum Gasteiger partial charge on any atom is -0.496 e. The molecule has 1 atom stereocenters. The predicted octanol–water partition coefficient (Wildman–Crippen LogP) is 5.27. The van der Waals surface area contributed by atoms with Crippen molar-refractivity contribution in [1.82, 2.24) is 15.2 Å². The molecule has 0 saturated carbocycles. The molecule has 0 fully saturated rings. The van der Waals surface area contributed by atoms with Crippen molar-refractivity contribution >= 4 is 34.1 Å². The van der Waals surface area contributed by atoms with E-state index in [1.165, 1.54) is 17.4 Å². The van der Waals surface area contributed by atoms with Gasteiger partial charge in [-0.3, -0.25) is 4.79 Å². The van der Waals surface area contributed by atoms with Crippen LogP contribution in [-0.4, -0.2) is 33.4 Å². The van der Waals surface area contributed by atoms with Gasteiger partial charge in [-0.05, 0) is 37.3 Å². The molecule has 0 aliphatic carbocycles. The normalized spacial score (nSPS) is 11.9. The molecule has 11 heteroatoms. The number of carbonyl (C=O) groups is 1. The van der Waals surface area contributed by atoms with Gasteiger partial charge in [0.15, 0.2) is 16.8 Å². The second-order valence-corrected chi connectivity index (χ2v) is 8.64. The second kappa shape index (κ2) is 9.45. The number of amides is 1. The zero-order chi connectivity index (χ0) is 22.7. The third kappa shape index (κ3) is 4.78. The van der Waals surface area contributed by atoms with E-state index >= 15 is 0 Å². The van der Waals surface area contributed by atoms with Gasteiger partial charge in [-0.15, -0.1) is 21.5 Å². The van der Waals surface area contributed by atoms with E-state index in [-0.39, 0.29) is 17.0 Å². The van der Waals surface area contributed by atoms with Crippen LogP contribution in [0.5, 0.6) is 5.75 Å². The lowest BCUT2D eigenvalue weighted by Gasteiger charge is -2.07. The molecule has 32 heavy (non-hydrogen) atoms. The first kappa shape index (κ1) is 21.9. The number of halogens is 2. The van der Waals surface area contributed by atoms with Crippen LogP contribution < -0.4 is 10.1 Å². The van der Waals surface area contributed by atoms with Crippen molar-refractivity contribution in [3.05, 3.63) is 59.5 Å². The Hall–Kier alpha value is -3.31. The van der Waals surface area contributed by atoms with E-state index < -0.39 is 16.9 Å². The van der Waals surface area contributed by atoms with Crippen LogP contribution in [0.15, 0.2) is 57.5 Å². The molecule has 0 spiro atoms. The van der Waals surface area contributed by atoms with Gasteiger partial charge in [0, 0.05) is 10.9 Å². The molecular weight excluding hydrogens is 458 g/mol. The molecule has 2 heterocycles. The number of ether oxygens (including phenoxy) is 1. The number of hydrogen-bond acceptors (Lipinski definition) is 8. The summed E-state index contributed by atoms with van der Waals surface area (Å²) in [5, 5.41) is 12.4. The third-order valence-corrected chi connectivity index (χ3v) is 6.03. The van der Waals surface area contributed by atoms with E-state index in [2.05, 4.69) is 20.5 Å². The SMILES string of the molecule is COc1ccccc1-c1nnc(SC(C)C(=O)Nc2nc(-c3ccc(F)c(F)c3)cs2)o1. The van der Waals surface area contributed by atoms with Crippen LogP contribution in [0.25, 0.3) is 22.7 Å². The summed E-state index contributed by atoms with van der Waals surface area (Å²) >= 11 is 2.28. The molecule has 0 radical (unpaired) electrons. The average Bonchev–Trinajstić information content (AvgIpc) is 3.45. The van der Waals surface area contributed by atoms with Crippen molar-refractivity contribution in [2.45, 2.75) is 17.4 Å². The number of para-hydroxylation sites is 1. The van der Waals surface area contributed by atoms with E-state index in [1.54, 1.807) is 31.5 Å². The minimum absolute atomic E-state index is 0.232. The largest absolute Gasteiger partial charge is 0.496 e. The smallest absolute Gasteiger partial charge is 0.277 e. The number of aromatic nitrogens is 3. The van der Waals surface area contributed by atoms with Gasteiger partial charge >= 0.3 is 0 Å². The Kier molecular flexibility index (Phi) is 6.47. The summed E-state index contributed by atoms with van der Waals surface area (Å²) < 4.78 is 37.5. The van der Waals surface area contributed by atoms with Crippen LogP contribution >= 0.6 is 23.1 Å². The van der Waals surface area contributed by atoms with Crippen molar-refractivity contribution in [3.63, 3.8) is 0 Å². The number of nitrogens with one attached hydrogen (secondary N) is 1. The molecule has 1 unspecified atom stereocenters. The van der Waals surface area contributed by atoms with E-state index in [0.717, 1.165) is 23.9 Å². The zero-order valence-electron chi connectivity index (χ0n) is 16.8. The summed E-state index contributed by atoms with van der Waals surface area (Å²) in [6.07, 6.45) is 0. The second-order valence-electron chi connectivity index (χ2n) is 6.49. The van der Waals surface area contributed by atoms with E-state index in [1.807, 2.05) is 12.1 Å². The molecule has 2 aromatic carbocycles. The summed E-state index contributed by atoms with van der Waals surface area (Å²) in [5.74, 6) is -1.33. The number of carbonyl (C=O) groups excluding carboxylic acids is 1. The van der Waals surface area contributed by atoms with Gasteiger partial charge in [-0.2, -0.15) is 0 Å². The fourth-order valence-electron chi connectivity index (χ4n) is 2.72. The Bertz CT molecular complexity index is 1260. The Morgan fingerprint density at radius 1 is 1.19 bits per heavy atom. The number of thioether (sulfide) groups is 1. The standard InChI is InChI=1S/C21H16F2N4O3S2/c1-11(32-21-27-26-19(30-21)13-5-3-4-6-17(13)29-2)18(28)25-20-24-16(10-31-20)12-7-8-14(22)15(23)9-12/h3-11H,1-2H3,(H,24,25,28). The maximum atomic E-state index is 13.4. The highest BCUT2D eigenvalue weighted by atomic mass is 32.2. The van der Waals surface area contributed by atoms with Crippen LogP contribution in [0, 0.1) is 11.6 Å². The molecule has 0 aliphatic rings. The maximum Gasteiger partial charge on any atom is 0.277 e. The molecule has 0 aliphatic heterocycles. The van der Waals surface area contributed by atoms with Crippen LogP contribution in [0.4, 0.5) is 13.9 Å². The lowest BCUT2D eigenvalue weighted by atomic mass is 10.2. The highest BCUT2D eigenvalue weighted by molar-refractivity contribution is 8.00. The predicted molar refractivity (Wildman–Crippen MR) is 118 cm³/mol. The molecular formula is C21H16F2N4O3S2. The monoisotopic (exact) mass is 474 g/mol. The van der Waals surface area contributed by atoms with Gasteiger partial charge in [-0.25, -0.2) is 13.8 Å². The van der Waals surface area contributed by atoms with Crippen molar-refractivity contribution in [1.29, 1.82) is 0 Å². The third-order valence-electron chi connectivity index (χ3n) is 4.34. The van der Waals surface area contributed by atoms with E-state index in [9.17, 15) is 13.6 Å². The zero-order valence-corrected chi connectivity index (χ0v) is 18.5. The molecule has 0 bridgehead atoms. The van der Waals surface area contributed by atoms with Crippen LogP contribution in [0.2, 0.25) is 0 Å². The Morgan fingerprint density at radius 2 is 2.00 bits per heavy atom. The maximum absolute atomic E-state index is 13.4. The molecule has 1 amide bonds. The molecule has 4 aromatic rings. The first-order chi connectivity index (χ1) is 15.4. The van der Waals surface area contributed by atoms with Crippen LogP contribution in [-0.2, 0) is 4.79 Å². The van der Waals surface area contributed by atoms with Crippen molar-refractivity contribution < 1.29 is 22.7 Å². The number of nitrogens with zero attached hydrogens (tertiary/aromatic N) is 3. The lowest BCUT2D eigenvalue weighted by molar-refractivity contribution is -0.115. The van der Waals surface area contributed by atoms with Crippen LogP contribution in [0.3, 0.4) is 0 Å². The average molecular weight is 475 g/mol. The Morgan fingerprint density at radius 3 is 2.78 bits per heavy atom. The van der Waals surface area contributed by atoms with Crippen LogP contribution in [0.1, 0.15) is 6.92 Å². The number of anilines is 1. The fraction of sp³-hybridized carbons (Fsp3) is 0.143. The summed E-state index contributed by atoms with van der Waals surface area (Å²) in [4.78, 5) is 16.8. The molecule has 4 rings (SSSR count). The quantitative estimate of drug-likeness (QED) is 0.365. The van der Waals surface area contributed by atoms with Gasteiger partial charge in [0.05, 0.1) is 23.6 Å². The van der Waals surface area contributed by atoms with Gasteiger partial charge in [0.25, 0.3) is 11.1 Å². The summed E-state index contributed by atoms with van der Waals surface area (Å²) in [6.45, 7) is 1.69. The van der Waals surface area contributed by atoms with Crippen molar-refractivity contribution in [2.75, 3.05) is 12.4 Å². The van der Waals surface area contributed by atoms with Gasteiger partial charge < -0.3 is 14.5 Å².